The Morgan fingerprint density at radius 1 is 0.475 bits per heavy atom. The zero-order valence-corrected chi connectivity index (χ0v) is 36.3. The van der Waals surface area contributed by atoms with Gasteiger partial charge >= 0.3 is 5.97 Å². The fourth-order valence-corrected chi connectivity index (χ4v) is 9.35. The van der Waals surface area contributed by atoms with Gasteiger partial charge < -0.3 is 14.7 Å². The Labute approximate surface area is 357 Å². The molecule has 0 atom stereocenters. The van der Waals surface area contributed by atoms with Crippen LogP contribution >= 0.6 is 22.6 Å². The predicted molar refractivity (Wildman–Crippen MR) is 253 cm³/mol. The van der Waals surface area contributed by atoms with E-state index in [1.54, 1.807) is 0 Å². The van der Waals surface area contributed by atoms with Crippen molar-refractivity contribution in [3.8, 4) is 44.5 Å². The first-order valence-electron chi connectivity index (χ1n) is 19.7. The molecule has 6 nitrogen and oxygen atoms in total. The van der Waals surface area contributed by atoms with Crippen molar-refractivity contribution in [1.82, 2.24) is 19.9 Å². The standard InChI is InChI=1S/C52H43IN4O2/c1-28-24-30(3)46(31(4)25-28)50-42-20-16-38(54-42)48(34-8-10-36(11-9-34)52(58)59-7)39-17-21-43(55-39)51(47-32(5)26-29(2)27-33(47)6)45-23-19-41(57-45)49(40-18-22-44(50)56-40)35-12-14-37(53)15-13-35/h8-27,54,57H,1-7H3. The first-order chi connectivity index (χ1) is 28.5. The van der Waals surface area contributed by atoms with E-state index >= 15 is 0 Å². The third kappa shape index (κ3) is 6.93. The summed E-state index contributed by atoms with van der Waals surface area (Å²) in [5.41, 5.74) is 23.1. The summed E-state index contributed by atoms with van der Waals surface area (Å²) >= 11 is 2.36. The van der Waals surface area contributed by atoms with Crippen LogP contribution in [0, 0.1) is 45.1 Å². The summed E-state index contributed by atoms with van der Waals surface area (Å²) in [6.45, 7) is 13.0. The van der Waals surface area contributed by atoms with E-state index in [9.17, 15) is 4.79 Å². The highest BCUT2D eigenvalue weighted by atomic mass is 127. The van der Waals surface area contributed by atoms with Gasteiger partial charge in [0.1, 0.15) is 0 Å². The molecule has 2 aliphatic heterocycles. The summed E-state index contributed by atoms with van der Waals surface area (Å²) in [5, 5.41) is 0. The molecule has 7 heteroatoms. The molecular weight excluding hydrogens is 840 g/mol. The molecule has 0 aliphatic carbocycles. The number of halogens is 1. The second-order valence-corrected chi connectivity index (χ2v) is 16.9. The number of carbonyl (C=O) groups excluding carboxylic acids is 1. The molecule has 9 rings (SSSR count). The number of nitrogens with zero attached hydrogens (tertiary/aromatic N) is 2. The third-order valence-corrected chi connectivity index (χ3v) is 12.1. The van der Waals surface area contributed by atoms with Crippen LogP contribution < -0.4 is 0 Å². The molecule has 0 saturated heterocycles. The summed E-state index contributed by atoms with van der Waals surface area (Å²) in [6.07, 6.45) is 8.52. The van der Waals surface area contributed by atoms with E-state index in [0.29, 0.717) is 5.56 Å². The number of H-pyrrole nitrogens is 2. The fraction of sp³-hybridized carbons (Fsp3) is 0.135. The monoisotopic (exact) mass is 882 g/mol. The molecule has 0 unspecified atom stereocenters. The van der Waals surface area contributed by atoms with Gasteiger partial charge in [-0.15, -0.1) is 0 Å². The Kier molecular flexibility index (Phi) is 9.80. The van der Waals surface area contributed by atoms with Crippen molar-refractivity contribution in [3.63, 3.8) is 0 Å². The average Bonchev–Trinajstić information content (AvgIpc) is 4.05. The van der Waals surface area contributed by atoms with E-state index in [0.717, 1.165) is 89.4 Å². The molecule has 0 amide bonds. The highest BCUT2D eigenvalue weighted by molar-refractivity contribution is 14.1. The number of aromatic amines is 2. The lowest BCUT2D eigenvalue weighted by Gasteiger charge is -2.13. The van der Waals surface area contributed by atoms with Crippen molar-refractivity contribution in [3.05, 3.63) is 162 Å². The number of benzene rings is 4. The Morgan fingerprint density at radius 2 is 0.814 bits per heavy atom. The summed E-state index contributed by atoms with van der Waals surface area (Å²) in [5.74, 6) is -0.379. The number of hydrogen-bond donors (Lipinski definition) is 2. The van der Waals surface area contributed by atoms with Crippen LogP contribution in [0.25, 0.3) is 90.9 Å². The van der Waals surface area contributed by atoms with Crippen LogP contribution in [0.3, 0.4) is 0 Å². The molecule has 5 heterocycles. The zero-order chi connectivity index (χ0) is 41.1. The van der Waals surface area contributed by atoms with Crippen molar-refractivity contribution in [1.29, 1.82) is 0 Å². The summed E-state index contributed by atoms with van der Waals surface area (Å²) in [4.78, 5) is 31.2. The van der Waals surface area contributed by atoms with Gasteiger partial charge in [0.25, 0.3) is 0 Å². The highest BCUT2D eigenvalue weighted by Crippen LogP contribution is 2.41. The molecule has 59 heavy (non-hydrogen) atoms. The first-order valence-corrected chi connectivity index (χ1v) is 20.8. The van der Waals surface area contributed by atoms with Gasteiger partial charge in [0.2, 0.25) is 0 Å². The van der Waals surface area contributed by atoms with E-state index in [4.69, 9.17) is 14.7 Å². The van der Waals surface area contributed by atoms with Gasteiger partial charge in [0.05, 0.1) is 35.4 Å². The van der Waals surface area contributed by atoms with Crippen LogP contribution in [0.5, 0.6) is 0 Å². The predicted octanol–water partition coefficient (Wildman–Crippen LogP) is 13.6. The minimum atomic E-state index is -0.379. The minimum Gasteiger partial charge on any atom is -0.465 e. The number of nitrogens with one attached hydrogen (secondary N) is 2. The lowest BCUT2D eigenvalue weighted by atomic mass is 9.92. The normalized spacial score (nSPS) is 12.0. The van der Waals surface area contributed by atoms with Crippen LogP contribution in [-0.2, 0) is 4.74 Å². The SMILES string of the molecule is COC(=O)c1ccc(-c2c3nc(c(-c4c(C)cc(C)cc4C)c4ccc([nH]4)c(-c4ccc(I)cc4)c4nc(c(-c5c(C)cc(C)cc5C)c5ccc2[nH]5)C=C4)C=C3)cc1. The van der Waals surface area contributed by atoms with Crippen LogP contribution in [0.15, 0.2) is 97.1 Å². The topological polar surface area (TPSA) is 83.7 Å². The van der Waals surface area contributed by atoms with Gasteiger partial charge in [-0.1, -0.05) is 59.7 Å². The second kappa shape index (κ2) is 15.1. The van der Waals surface area contributed by atoms with Crippen molar-refractivity contribution in [2.24, 2.45) is 0 Å². The number of aryl methyl sites for hydroxylation is 6. The number of hydrogen-bond acceptors (Lipinski definition) is 4. The van der Waals surface area contributed by atoms with Crippen molar-refractivity contribution in [2.45, 2.75) is 41.5 Å². The van der Waals surface area contributed by atoms with Crippen LogP contribution in [-0.4, -0.2) is 33.0 Å². The zero-order valence-electron chi connectivity index (χ0n) is 34.1. The van der Waals surface area contributed by atoms with E-state index in [1.165, 1.54) is 44.1 Å². The van der Waals surface area contributed by atoms with Crippen molar-refractivity contribution >= 4 is 74.9 Å². The van der Waals surface area contributed by atoms with Crippen LogP contribution in [0.2, 0.25) is 0 Å². The third-order valence-electron chi connectivity index (χ3n) is 11.3. The Balaban J connectivity index is 1.48. The molecule has 0 spiro atoms. The Bertz CT molecular complexity index is 3010. The number of methoxy groups -OCH3 is 1. The van der Waals surface area contributed by atoms with E-state index < -0.39 is 0 Å². The summed E-state index contributed by atoms with van der Waals surface area (Å²) in [7, 11) is 1.40. The van der Waals surface area contributed by atoms with E-state index in [2.05, 4.69) is 171 Å². The van der Waals surface area contributed by atoms with Gasteiger partial charge in [-0.3, -0.25) is 0 Å². The molecule has 3 aromatic heterocycles. The van der Waals surface area contributed by atoms with Crippen molar-refractivity contribution < 1.29 is 9.53 Å². The molecule has 2 N–H and O–H groups in total. The summed E-state index contributed by atoms with van der Waals surface area (Å²) in [6, 6.07) is 33.8. The van der Waals surface area contributed by atoms with Crippen molar-refractivity contribution in [2.75, 3.05) is 7.11 Å². The highest BCUT2D eigenvalue weighted by Gasteiger charge is 2.22. The van der Waals surface area contributed by atoms with Crippen LogP contribution in [0.4, 0.5) is 0 Å². The maximum absolute atomic E-state index is 12.5. The smallest absolute Gasteiger partial charge is 0.337 e. The molecule has 290 valence electrons. The molecule has 0 saturated carbocycles. The maximum atomic E-state index is 12.5. The number of carbonyl (C=O) groups is 1. The number of esters is 1. The molecule has 7 aromatic rings. The molecule has 0 fully saturated rings. The number of fused-ring (bicyclic) bond motifs is 8. The minimum absolute atomic E-state index is 0.379. The second-order valence-electron chi connectivity index (χ2n) is 15.6. The van der Waals surface area contributed by atoms with E-state index in [1.807, 2.05) is 24.3 Å². The lowest BCUT2D eigenvalue weighted by molar-refractivity contribution is 0.0600. The molecule has 8 bridgehead atoms. The number of aromatic nitrogens is 4. The number of rotatable bonds is 5. The Hall–Kier alpha value is -6.32. The maximum Gasteiger partial charge on any atom is 0.337 e. The first kappa shape index (κ1) is 38.2. The largest absolute Gasteiger partial charge is 0.465 e. The van der Waals surface area contributed by atoms with Gasteiger partial charge in [0.15, 0.2) is 0 Å². The van der Waals surface area contributed by atoms with Gasteiger partial charge in [-0.05, 0) is 181 Å². The average molecular weight is 883 g/mol. The van der Waals surface area contributed by atoms with Crippen LogP contribution in [0.1, 0.15) is 66.5 Å². The fourth-order valence-electron chi connectivity index (χ4n) is 9.00. The molecule has 2 aliphatic rings. The molecule has 4 aromatic carbocycles. The van der Waals surface area contributed by atoms with Gasteiger partial charge in [-0.25, -0.2) is 14.8 Å². The van der Waals surface area contributed by atoms with Gasteiger partial charge in [-0.2, -0.15) is 0 Å². The molecular formula is C52H43IN4O2. The number of ether oxygens (including phenoxy) is 1. The van der Waals surface area contributed by atoms with E-state index in [-0.39, 0.29) is 5.97 Å². The Morgan fingerprint density at radius 3 is 1.19 bits per heavy atom. The van der Waals surface area contributed by atoms with Gasteiger partial charge in [0, 0.05) is 47.9 Å². The summed E-state index contributed by atoms with van der Waals surface area (Å²) < 4.78 is 6.21. The lowest BCUT2D eigenvalue weighted by Crippen LogP contribution is -2.00. The molecule has 0 radical (unpaired) electrons. The quantitative estimate of drug-likeness (QED) is 0.133.